The second kappa shape index (κ2) is 6.72. The van der Waals surface area contributed by atoms with Crippen LogP contribution in [-0.4, -0.2) is 22.3 Å². The lowest BCUT2D eigenvalue weighted by Crippen LogP contribution is -2.17. The number of nitrogens with one attached hydrogen (secondary N) is 1. The molecule has 0 bridgehead atoms. The fourth-order valence-corrected chi connectivity index (χ4v) is 2.64. The van der Waals surface area contributed by atoms with Gasteiger partial charge in [0.15, 0.2) is 0 Å². The molecule has 5 nitrogen and oxygen atoms in total. The topological polar surface area (TPSA) is 81.9 Å². The normalized spacial score (nSPS) is 11.0. The third-order valence-corrected chi connectivity index (χ3v) is 4.10. The Kier molecular flexibility index (Phi) is 4.48. The highest BCUT2D eigenvalue weighted by Gasteiger charge is 2.11. The zero-order valence-electron chi connectivity index (χ0n) is 12.4. The van der Waals surface area contributed by atoms with E-state index >= 15 is 0 Å². The third-order valence-electron chi connectivity index (χ3n) is 3.46. The molecule has 0 fully saturated rings. The summed E-state index contributed by atoms with van der Waals surface area (Å²) in [7, 11) is 0. The first-order valence-electron chi connectivity index (χ1n) is 7.08. The summed E-state index contributed by atoms with van der Waals surface area (Å²) < 4.78 is 0.532. The predicted molar refractivity (Wildman–Crippen MR) is 96.5 cm³/mol. The lowest BCUT2D eigenvalue weighted by atomic mass is 10.1. The summed E-state index contributed by atoms with van der Waals surface area (Å²) in [4.78, 5) is 12.2. The lowest BCUT2D eigenvalue weighted by molar-refractivity contribution is 0.0952. The molecule has 0 aliphatic rings. The quantitative estimate of drug-likeness (QED) is 0.474. The molecule has 0 atom stereocenters. The SMILES string of the molecule is O=C(NN=Cc1ccc(O)c(Br)c1)c1cc2ccccc2cc1O. The number of carbonyl (C=O) groups is 1. The van der Waals surface area contributed by atoms with Crippen LogP contribution < -0.4 is 5.43 Å². The largest absolute Gasteiger partial charge is 0.507 e. The van der Waals surface area contributed by atoms with Gasteiger partial charge in [-0.25, -0.2) is 5.43 Å². The second-order valence-corrected chi connectivity index (χ2v) is 5.98. The number of amides is 1. The summed E-state index contributed by atoms with van der Waals surface area (Å²) >= 11 is 3.20. The Morgan fingerprint density at radius 2 is 1.71 bits per heavy atom. The van der Waals surface area contributed by atoms with E-state index in [-0.39, 0.29) is 17.1 Å². The second-order valence-electron chi connectivity index (χ2n) is 5.13. The van der Waals surface area contributed by atoms with E-state index in [2.05, 4.69) is 26.5 Å². The van der Waals surface area contributed by atoms with Crippen LogP contribution in [-0.2, 0) is 0 Å². The molecule has 24 heavy (non-hydrogen) atoms. The number of hydrogen-bond acceptors (Lipinski definition) is 4. The lowest BCUT2D eigenvalue weighted by Gasteiger charge is -2.05. The van der Waals surface area contributed by atoms with E-state index in [0.717, 1.165) is 10.8 Å². The highest BCUT2D eigenvalue weighted by molar-refractivity contribution is 9.10. The molecule has 1 amide bonds. The third kappa shape index (κ3) is 3.38. The fourth-order valence-electron chi connectivity index (χ4n) is 2.24. The minimum atomic E-state index is -0.507. The summed E-state index contributed by atoms with van der Waals surface area (Å²) in [5.41, 5.74) is 3.23. The minimum absolute atomic E-state index is 0.103. The Hall–Kier alpha value is -2.86. The number of nitrogens with zero attached hydrogens (tertiary/aromatic N) is 1. The molecule has 3 rings (SSSR count). The van der Waals surface area contributed by atoms with Crippen LogP contribution in [0.3, 0.4) is 0 Å². The van der Waals surface area contributed by atoms with Gasteiger partial charge in [-0.05, 0) is 62.6 Å². The van der Waals surface area contributed by atoms with Crippen molar-refractivity contribution in [3.8, 4) is 11.5 Å². The van der Waals surface area contributed by atoms with Gasteiger partial charge in [0.25, 0.3) is 5.91 Å². The number of phenols is 2. The molecule has 3 aromatic rings. The molecule has 0 radical (unpaired) electrons. The van der Waals surface area contributed by atoms with Crippen molar-refractivity contribution in [1.29, 1.82) is 0 Å². The molecule has 3 N–H and O–H groups in total. The van der Waals surface area contributed by atoms with E-state index in [1.165, 1.54) is 12.3 Å². The molecule has 6 heteroatoms. The molecule has 0 aliphatic heterocycles. The van der Waals surface area contributed by atoms with Crippen molar-refractivity contribution in [3.05, 3.63) is 70.2 Å². The number of halogens is 1. The smallest absolute Gasteiger partial charge is 0.275 e. The Bertz CT molecular complexity index is 954. The van der Waals surface area contributed by atoms with Gasteiger partial charge in [0.1, 0.15) is 11.5 Å². The van der Waals surface area contributed by atoms with Crippen LogP contribution in [0.25, 0.3) is 10.8 Å². The first-order chi connectivity index (χ1) is 11.5. The predicted octanol–water partition coefficient (Wildman–Crippen LogP) is 3.78. The number of aromatic hydroxyl groups is 2. The number of benzene rings is 3. The maximum absolute atomic E-state index is 12.2. The first-order valence-corrected chi connectivity index (χ1v) is 7.87. The summed E-state index contributed by atoms with van der Waals surface area (Å²) in [5.74, 6) is -0.488. The van der Waals surface area contributed by atoms with Crippen molar-refractivity contribution in [2.45, 2.75) is 0 Å². The monoisotopic (exact) mass is 384 g/mol. The number of rotatable bonds is 3. The summed E-state index contributed by atoms with van der Waals surface area (Å²) in [6, 6.07) is 15.5. The molecule has 0 aliphatic carbocycles. The zero-order valence-corrected chi connectivity index (χ0v) is 14.0. The van der Waals surface area contributed by atoms with E-state index in [9.17, 15) is 15.0 Å². The molecule has 0 saturated carbocycles. The van der Waals surface area contributed by atoms with Crippen molar-refractivity contribution in [1.82, 2.24) is 5.43 Å². The van der Waals surface area contributed by atoms with Crippen LogP contribution in [0.2, 0.25) is 0 Å². The van der Waals surface area contributed by atoms with Crippen molar-refractivity contribution < 1.29 is 15.0 Å². The van der Waals surface area contributed by atoms with Gasteiger partial charge in [0, 0.05) is 0 Å². The van der Waals surface area contributed by atoms with Crippen LogP contribution in [0, 0.1) is 0 Å². The fraction of sp³-hybridized carbons (Fsp3) is 0. The highest BCUT2D eigenvalue weighted by Crippen LogP contribution is 2.25. The molecule has 3 aromatic carbocycles. The van der Waals surface area contributed by atoms with E-state index in [1.807, 2.05) is 24.3 Å². The molecule has 0 spiro atoms. The van der Waals surface area contributed by atoms with Crippen LogP contribution in [0.5, 0.6) is 11.5 Å². The van der Waals surface area contributed by atoms with E-state index in [0.29, 0.717) is 10.0 Å². The molecule has 0 aromatic heterocycles. The zero-order chi connectivity index (χ0) is 17.1. The number of hydrazone groups is 1. The van der Waals surface area contributed by atoms with Crippen molar-refractivity contribution in [2.24, 2.45) is 5.10 Å². The molecule has 0 saturated heterocycles. The van der Waals surface area contributed by atoms with Crippen molar-refractivity contribution in [3.63, 3.8) is 0 Å². The maximum Gasteiger partial charge on any atom is 0.275 e. The molecular formula is C18H13BrN2O3. The average Bonchev–Trinajstić information content (AvgIpc) is 2.57. The number of fused-ring (bicyclic) bond motifs is 1. The Balaban J connectivity index is 1.78. The first kappa shape index (κ1) is 16.0. The van der Waals surface area contributed by atoms with Crippen LogP contribution in [0.4, 0.5) is 0 Å². The van der Waals surface area contributed by atoms with Crippen LogP contribution in [0.1, 0.15) is 15.9 Å². The highest BCUT2D eigenvalue weighted by atomic mass is 79.9. The number of carbonyl (C=O) groups excluding carboxylic acids is 1. The number of hydrogen-bond donors (Lipinski definition) is 3. The number of phenolic OH excluding ortho intramolecular Hbond substituents is 2. The summed E-state index contributed by atoms with van der Waals surface area (Å²) in [5, 5.41) is 25.0. The Labute approximate surface area is 146 Å². The van der Waals surface area contributed by atoms with E-state index in [1.54, 1.807) is 24.3 Å². The van der Waals surface area contributed by atoms with Crippen LogP contribution >= 0.6 is 15.9 Å². The Morgan fingerprint density at radius 3 is 2.42 bits per heavy atom. The average molecular weight is 385 g/mol. The van der Waals surface area contributed by atoms with Gasteiger partial charge in [0.05, 0.1) is 16.3 Å². The molecular weight excluding hydrogens is 372 g/mol. The van der Waals surface area contributed by atoms with E-state index in [4.69, 9.17) is 0 Å². The van der Waals surface area contributed by atoms with Crippen molar-refractivity contribution in [2.75, 3.05) is 0 Å². The molecule has 0 heterocycles. The van der Waals surface area contributed by atoms with Crippen LogP contribution in [0.15, 0.2) is 64.2 Å². The van der Waals surface area contributed by atoms with Gasteiger partial charge in [-0.15, -0.1) is 0 Å². The standard InChI is InChI=1S/C18H13BrN2O3/c19-15-7-11(5-6-16(15)22)10-20-21-18(24)14-8-12-3-1-2-4-13(12)9-17(14)23/h1-10,22-23H,(H,21,24). The Morgan fingerprint density at radius 1 is 1.00 bits per heavy atom. The summed E-state index contributed by atoms with van der Waals surface area (Å²) in [6.45, 7) is 0. The van der Waals surface area contributed by atoms with Crippen molar-refractivity contribution >= 4 is 38.8 Å². The maximum atomic E-state index is 12.2. The van der Waals surface area contributed by atoms with Gasteiger partial charge >= 0.3 is 0 Å². The van der Waals surface area contributed by atoms with Gasteiger partial charge in [-0.1, -0.05) is 24.3 Å². The molecule has 120 valence electrons. The minimum Gasteiger partial charge on any atom is -0.507 e. The summed E-state index contributed by atoms with van der Waals surface area (Å²) in [6.07, 6.45) is 1.44. The van der Waals surface area contributed by atoms with Gasteiger partial charge in [0.2, 0.25) is 0 Å². The van der Waals surface area contributed by atoms with Gasteiger partial charge in [-0.3, -0.25) is 4.79 Å². The van der Waals surface area contributed by atoms with Gasteiger partial charge in [-0.2, -0.15) is 5.10 Å². The van der Waals surface area contributed by atoms with E-state index < -0.39 is 5.91 Å². The van der Waals surface area contributed by atoms with Gasteiger partial charge < -0.3 is 10.2 Å². The molecule has 0 unspecified atom stereocenters.